The molecule has 8 heteroatoms. The van der Waals surface area contributed by atoms with Crippen molar-refractivity contribution in [1.82, 2.24) is 35.3 Å². The molecule has 3 aromatic rings. The minimum Gasteiger partial charge on any atom is -0.342 e. The number of nitrogens with zero attached hydrogens (tertiary/aromatic N) is 6. The second kappa shape index (κ2) is 6.84. The molecule has 8 nitrogen and oxygen atoms in total. The molecule has 1 saturated carbocycles. The molecule has 1 atom stereocenters. The summed E-state index contributed by atoms with van der Waals surface area (Å²) >= 11 is 0. The fourth-order valence-electron chi connectivity index (χ4n) is 2.74. The molecular formula is C17H19N7O. The third-order valence-corrected chi connectivity index (χ3v) is 4.25. The van der Waals surface area contributed by atoms with Gasteiger partial charge in [-0.1, -0.05) is 18.2 Å². The van der Waals surface area contributed by atoms with E-state index < -0.39 is 0 Å². The maximum atomic E-state index is 12.4. The summed E-state index contributed by atoms with van der Waals surface area (Å²) in [7, 11) is 0. The second-order valence-corrected chi connectivity index (χ2v) is 6.17. The fourth-order valence-corrected chi connectivity index (χ4v) is 2.74. The Morgan fingerprint density at radius 3 is 2.76 bits per heavy atom. The van der Waals surface area contributed by atoms with Crippen LogP contribution in [0.15, 0.2) is 48.8 Å². The van der Waals surface area contributed by atoms with Crippen molar-refractivity contribution in [1.29, 1.82) is 0 Å². The predicted molar refractivity (Wildman–Crippen MR) is 89.4 cm³/mol. The zero-order valence-corrected chi connectivity index (χ0v) is 13.7. The Kier molecular flexibility index (Phi) is 4.24. The van der Waals surface area contributed by atoms with Crippen LogP contribution in [0.1, 0.15) is 35.1 Å². The van der Waals surface area contributed by atoms with E-state index in [1.54, 1.807) is 23.1 Å². The van der Waals surface area contributed by atoms with Crippen molar-refractivity contribution in [3.8, 4) is 0 Å². The minimum absolute atomic E-state index is 0.106. The molecule has 1 amide bonds. The number of amides is 1. The van der Waals surface area contributed by atoms with Crippen molar-refractivity contribution in [3.05, 3.63) is 60.2 Å². The summed E-state index contributed by atoms with van der Waals surface area (Å²) < 4.78 is 1.82. The molecule has 2 aromatic heterocycles. The van der Waals surface area contributed by atoms with Crippen molar-refractivity contribution in [2.45, 2.75) is 32.0 Å². The molecule has 1 aliphatic carbocycles. The zero-order valence-electron chi connectivity index (χ0n) is 13.7. The molecule has 1 N–H and O–H groups in total. The lowest BCUT2D eigenvalue weighted by molar-refractivity contribution is 0.0929. The highest BCUT2D eigenvalue weighted by molar-refractivity contribution is 5.94. The maximum absolute atomic E-state index is 12.4. The predicted octanol–water partition coefficient (Wildman–Crippen LogP) is 1.45. The Hall–Kier alpha value is -3.03. The highest BCUT2D eigenvalue weighted by Crippen LogP contribution is 2.39. The van der Waals surface area contributed by atoms with Gasteiger partial charge in [0.2, 0.25) is 0 Å². The topological polar surface area (TPSA) is 90.5 Å². The van der Waals surface area contributed by atoms with Crippen LogP contribution in [0.3, 0.4) is 0 Å². The SMILES string of the molecule is O=C(NC(c1nnn(CCn2cccn2)n1)C1CC1)c1ccccc1. The lowest BCUT2D eigenvalue weighted by Gasteiger charge is -2.14. The van der Waals surface area contributed by atoms with E-state index in [4.69, 9.17) is 0 Å². The molecule has 1 unspecified atom stereocenters. The monoisotopic (exact) mass is 337 g/mol. The summed E-state index contributed by atoms with van der Waals surface area (Å²) in [5, 5.41) is 19.9. The van der Waals surface area contributed by atoms with Gasteiger partial charge < -0.3 is 5.32 Å². The summed E-state index contributed by atoms with van der Waals surface area (Å²) in [5.41, 5.74) is 0.638. The molecular weight excluding hydrogens is 318 g/mol. The van der Waals surface area contributed by atoms with Crippen LogP contribution in [-0.2, 0) is 13.1 Å². The fraction of sp³-hybridized carbons (Fsp3) is 0.353. The van der Waals surface area contributed by atoms with E-state index in [2.05, 4.69) is 25.8 Å². The number of carbonyl (C=O) groups excluding carboxylic acids is 1. The average Bonchev–Trinajstić information content (AvgIpc) is 3.15. The van der Waals surface area contributed by atoms with Crippen molar-refractivity contribution >= 4 is 5.91 Å². The number of aryl methyl sites for hydroxylation is 2. The standard InChI is InChI=1S/C17H19N7O/c25-17(14-5-2-1-3-6-14)19-15(13-7-8-13)16-20-22-24(21-16)12-11-23-10-4-9-18-23/h1-6,9-10,13,15H,7-8,11-12H2,(H,19,25). The normalized spacial score (nSPS) is 15.0. The van der Waals surface area contributed by atoms with Crippen LogP contribution in [0, 0.1) is 5.92 Å². The maximum Gasteiger partial charge on any atom is 0.251 e. The number of carbonyl (C=O) groups is 1. The van der Waals surface area contributed by atoms with E-state index in [-0.39, 0.29) is 11.9 Å². The van der Waals surface area contributed by atoms with Crippen LogP contribution in [0.25, 0.3) is 0 Å². The van der Waals surface area contributed by atoms with Gasteiger partial charge in [-0.3, -0.25) is 9.48 Å². The molecule has 0 bridgehead atoms. The molecule has 1 aromatic carbocycles. The van der Waals surface area contributed by atoms with Crippen LogP contribution in [-0.4, -0.2) is 35.9 Å². The smallest absolute Gasteiger partial charge is 0.251 e. The van der Waals surface area contributed by atoms with Crippen LogP contribution >= 0.6 is 0 Å². The molecule has 0 saturated heterocycles. The number of nitrogens with one attached hydrogen (secondary N) is 1. The Balaban J connectivity index is 1.43. The van der Waals surface area contributed by atoms with Crippen molar-refractivity contribution in [3.63, 3.8) is 0 Å². The average molecular weight is 337 g/mol. The van der Waals surface area contributed by atoms with Gasteiger partial charge in [0.15, 0.2) is 5.82 Å². The quantitative estimate of drug-likeness (QED) is 0.705. The van der Waals surface area contributed by atoms with Gasteiger partial charge in [-0.05, 0) is 42.2 Å². The summed E-state index contributed by atoms with van der Waals surface area (Å²) in [6.45, 7) is 1.26. The van der Waals surface area contributed by atoms with E-state index in [1.807, 2.05) is 35.1 Å². The molecule has 2 heterocycles. The van der Waals surface area contributed by atoms with Gasteiger partial charge in [-0.15, -0.1) is 10.2 Å². The third kappa shape index (κ3) is 3.73. The van der Waals surface area contributed by atoms with Gasteiger partial charge in [0.25, 0.3) is 5.91 Å². The molecule has 0 radical (unpaired) electrons. The van der Waals surface area contributed by atoms with E-state index in [1.165, 1.54) is 0 Å². The third-order valence-electron chi connectivity index (χ3n) is 4.25. The van der Waals surface area contributed by atoms with Gasteiger partial charge in [0, 0.05) is 18.0 Å². The summed E-state index contributed by atoms with van der Waals surface area (Å²) in [5.74, 6) is 0.856. The van der Waals surface area contributed by atoms with Gasteiger partial charge in [0.05, 0.1) is 19.1 Å². The number of hydrogen-bond acceptors (Lipinski definition) is 5. The zero-order chi connectivity index (χ0) is 17.1. The lowest BCUT2D eigenvalue weighted by Crippen LogP contribution is -2.30. The molecule has 25 heavy (non-hydrogen) atoms. The van der Waals surface area contributed by atoms with Crippen LogP contribution in [0.5, 0.6) is 0 Å². The highest BCUT2D eigenvalue weighted by atomic mass is 16.1. The molecule has 1 fully saturated rings. The Bertz CT molecular complexity index is 824. The largest absolute Gasteiger partial charge is 0.342 e. The van der Waals surface area contributed by atoms with Crippen molar-refractivity contribution < 1.29 is 4.79 Å². The summed E-state index contributed by atoms with van der Waals surface area (Å²) in [4.78, 5) is 14.0. The van der Waals surface area contributed by atoms with Gasteiger partial charge in [0.1, 0.15) is 0 Å². The van der Waals surface area contributed by atoms with E-state index >= 15 is 0 Å². The summed E-state index contributed by atoms with van der Waals surface area (Å²) in [6, 6.07) is 10.9. The Morgan fingerprint density at radius 2 is 2.04 bits per heavy atom. The first-order valence-electron chi connectivity index (χ1n) is 8.40. The van der Waals surface area contributed by atoms with E-state index in [9.17, 15) is 4.79 Å². The number of hydrogen-bond donors (Lipinski definition) is 1. The number of aromatic nitrogens is 6. The molecule has 0 aliphatic heterocycles. The highest BCUT2D eigenvalue weighted by Gasteiger charge is 2.36. The minimum atomic E-state index is -0.189. The molecule has 1 aliphatic rings. The first kappa shape index (κ1) is 15.5. The Morgan fingerprint density at radius 1 is 1.20 bits per heavy atom. The Labute approximate surface area is 144 Å². The van der Waals surface area contributed by atoms with Crippen molar-refractivity contribution in [2.24, 2.45) is 5.92 Å². The van der Waals surface area contributed by atoms with E-state index in [0.717, 1.165) is 12.8 Å². The van der Waals surface area contributed by atoms with Gasteiger partial charge in [-0.25, -0.2) is 0 Å². The first-order chi connectivity index (χ1) is 12.3. The molecule has 128 valence electrons. The van der Waals surface area contributed by atoms with Crippen LogP contribution in [0.4, 0.5) is 0 Å². The molecule has 0 spiro atoms. The van der Waals surface area contributed by atoms with Crippen LogP contribution in [0.2, 0.25) is 0 Å². The summed E-state index contributed by atoms with van der Waals surface area (Å²) in [6.07, 6.45) is 5.77. The lowest BCUT2D eigenvalue weighted by atomic mass is 10.1. The number of tetrazole rings is 1. The van der Waals surface area contributed by atoms with Crippen LogP contribution < -0.4 is 5.32 Å². The second-order valence-electron chi connectivity index (χ2n) is 6.17. The van der Waals surface area contributed by atoms with Gasteiger partial charge >= 0.3 is 0 Å². The first-order valence-corrected chi connectivity index (χ1v) is 8.40. The van der Waals surface area contributed by atoms with Crippen molar-refractivity contribution in [2.75, 3.05) is 0 Å². The van der Waals surface area contributed by atoms with E-state index in [0.29, 0.717) is 30.4 Å². The number of benzene rings is 1. The molecule has 4 rings (SSSR count). The van der Waals surface area contributed by atoms with Gasteiger partial charge in [-0.2, -0.15) is 9.90 Å². The number of rotatable bonds is 7.